The van der Waals surface area contributed by atoms with Crippen LogP contribution in [-0.2, 0) is 11.3 Å². The SMILES string of the molecule is Cc1nc(C)c(C(=O)C2=C([O-])C(=O)N(Cc3ccc[nH+]c3)C2c2ccc([N+](=O)[O-])cc2)s1. The molecule has 1 N–H and O–H groups in total. The smallest absolute Gasteiger partial charge is 0.269 e. The maximum atomic E-state index is 13.4. The van der Waals surface area contributed by atoms with Crippen LogP contribution in [0.25, 0.3) is 0 Å². The molecule has 0 aliphatic carbocycles. The first kappa shape index (κ1) is 21.3. The van der Waals surface area contributed by atoms with Gasteiger partial charge in [0.15, 0.2) is 12.4 Å². The molecule has 10 heteroatoms. The van der Waals surface area contributed by atoms with E-state index in [0.717, 1.165) is 16.9 Å². The largest absolute Gasteiger partial charge is 0.868 e. The normalized spacial score (nSPS) is 16.0. The van der Waals surface area contributed by atoms with Crippen molar-refractivity contribution in [3.63, 3.8) is 0 Å². The average molecular weight is 450 g/mol. The van der Waals surface area contributed by atoms with Crippen LogP contribution in [0.5, 0.6) is 0 Å². The fourth-order valence-electron chi connectivity index (χ4n) is 3.75. The Kier molecular flexibility index (Phi) is 5.54. The van der Waals surface area contributed by atoms with Crippen molar-refractivity contribution in [2.45, 2.75) is 26.4 Å². The lowest BCUT2D eigenvalue weighted by Crippen LogP contribution is -2.32. The zero-order valence-electron chi connectivity index (χ0n) is 17.2. The number of hydrogen-bond acceptors (Lipinski definition) is 7. The van der Waals surface area contributed by atoms with E-state index >= 15 is 0 Å². The van der Waals surface area contributed by atoms with Gasteiger partial charge in [-0.3, -0.25) is 19.7 Å². The van der Waals surface area contributed by atoms with E-state index in [0.29, 0.717) is 21.1 Å². The molecule has 4 rings (SSSR count). The molecule has 0 fully saturated rings. The number of aromatic nitrogens is 2. The lowest BCUT2D eigenvalue weighted by atomic mass is 9.94. The number of ketones is 1. The van der Waals surface area contributed by atoms with E-state index in [1.54, 1.807) is 38.4 Å². The van der Waals surface area contributed by atoms with Gasteiger partial charge in [0.25, 0.3) is 5.69 Å². The highest BCUT2D eigenvalue weighted by Gasteiger charge is 2.40. The fraction of sp³-hybridized carbons (Fsp3) is 0.182. The highest BCUT2D eigenvalue weighted by molar-refractivity contribution is 7.14. The maximum Gasteiger partial charge on any atom is 0.269 e. The van der Waals surface area contributed by atoms with Crippen molar-refractivity contribution in [1.29, 1.82) is 0 Å². The summed E-state index contributed by atoms with van der Waals surface area (Å²) in [5.74, 6) is -2.21. The van der Waals surface area contributed by atoms with Gasteiger partial charge in [0.05, 0.1) is 33.1 Å². The summed E-state index contributed by atoms with van der Waals surface area (Å²) in [5, 5.41) is 24.7. The maximum absolute atomic E-state index is 13.4. The average Bonchev–Trinajstić information content (AvgIpc) is 3.24. The number of carbonyl (C=O) groups excluding carboxylic acids is 2. The van der Waals surface area contributed by atoms with Gasteiger partial charge in [0.2, 0.25) is 11.7 Å². The molecule has 1 unspecified atom stereocenters. The van der Waals surface area contributed by atoms with E-state index in [2.05, 4.69) is 9.97 Å². The molecule has 0 radical (unpaired) electrons. The molecule has 1 atom stereocenters. The summed E-state index contributed by atoms with van der Waals surface area (Å²) in [4.78, 5) is 45.7. The second kappa shape index (κ2) is 8.31. The van der Waals surface area contributed by atoms with Crippen LogP contribution in [0.4, 0.5) is 5.69 Å². The predicted molar refractivity (Wildman–Crippen MR) is 112 cm³/mol. The van der Waals surface area contributed by atoms with E-state index in [4.69, 9.17) is 0 Å². The highest BCUT2D eigenvalue weighted by atomic mass is 32.1. The Morgan fingerprint density at radius 3 is 2.53 bits per heavy atom. The van der Waals surface area contributed by atoms with Gasteiger partial charge >= 0.3 is 0 Å². The molecule has 0 bridgehead atoms. The van der Waals surface area contributed by atoms with Crippen LogP contribution < -0.4 is 10.1 Å². The second-order valence-corrected chi connectivity index (χ2v) is 8.52. The number of rotatable bonds is 6. The van der Waals surface area contributed by atoms with Crippen molar-refractivity contribution in [3.8, 4) is 0 Å². The molecule has 9 nitrogen and oxygen atoms in total. The standard InChI is InChI=1S/C22H18N4O5S/c1-12-21(32-13(2)24-12)19(27)17-18(15-5-7-16(8-6-15)26(30)31)25(22(29)20(17)28)11-14-4-3-9-23-10-14/h3-10,18,28H,11H2,1-2H3. The Bertz CT molecular complexity index is 1250. The van der Waals surface area contributed by atoms with E-state index in [1.165, 1.54) is 29.2 Å². The van der Waals surface area contributed by atoms with Crippen molar-refractivity contribution in [2.75, 3.05) is 0 Å². The Balaban J connectivity index is 1.82. The Morgan fingerprint density at radius 1 is 1.25 bits per heavy atom. The van der Waals surface area contributed by atoms with Gasteiger partial charge in [0, 0.05) is 29.3 Å². The van der Waals surface area contributed by atoms with Crippen molar-refractivity contribution >= 4 is 28.7 Å². The van der Waals surface area contributed by atoms with Crippen LogP contribution in [0.3, 0.4) is 0 Å². The number of nitrogens with one attached hydrogen (secondary N) is 1. The van der Waals surface area contributed by atoms with Gasteiger partial charge in [-0.1, -0.05) is 0 Å². The van der Waals surface area contributed by atoms with E-state index in [9.17, 15) is 24.8 Å². The van der Waals surface area contributed by atoms with Crippen molar-refractivity contribution in [2.24, 2.45) is 0 Å². The minimum absolute atomic E-state index is 0.0844. The lowest BCUT2D eigenvalue weighted by Gasteiger charge is -2.27. The quantitative estimate of drug-likeness (QED) is 0.321. The van der Waals surface area contributed by atoms with Crippen LogP contribution in [-0.4, -0.2) is 26.5 Å². The highest BCUT2D eigenvalue weighted by Crippen LogP contribution is 2.40. The third-order valence-electron chi connectivity index (χ3n) is 5.18. The number of benzene rings is 1. The molecule has 3 aromatic rings. The van der Waals surface area contributed by atoms with Crippen molar-refractivity contribution in [1.82, 2.24) is 9.88 Å². The Labute approximate surface area is 186 Å². The fourth-order valence-corrected chi connectivity index (χ4v) is 4.62. The number of Topliss-reactive ketones (excluding diaryl/α,β-unsaturated/α-hetero) is 1. The zero-order chi connectivity index (χ0) is 23.0. The first-order chi connectivity index (χ1) is 15.3. The van der Waals surface area contributed by atoms with Gasteiger partial charge in [0.1, 0.15) is 0 Å². The zero-order valence-corrected chi connectivity index (χ0v) is 18.0. The predicted octanol–water partition coefficient (Wildman–Crippen LogP) is 2.06. The summed E-state index contributed by atoms with van der Waals surface area (Å²) in [7, 11) is 0. The third kappa shape index (κ3) is 3.76. The lowest BCUT2D eigenvalue weighted by molar-refractivity contribution is -0.384. The topological polar surface area (TPSA) is 131 Å². The van der Waals surface area contributed by atoms with E-state index in [-0.39, 0.29) is 17.8 Å². The number of pyridine rings is 1. The molecule has 0 spiro atoms. The molecule has 32 heavy (non-hydrogen) atoms. The number of nitro benzene ring substituents is 1. The summed E-state index contributed by atoms with van der Waals surface area (Å²) in [6.07, 6.45) is 3.41. The number of aromatic amines is 1. The molecular formula is C22H18N4O5S. The molecule has 1 aromatic carbocycles. The van der Waals surface area contributed by atoms with Crippen LogP contribution in [0.1, 0.15) is 37.5 Å². The van der Waals surface area contributed by atoms with Crippen LogP contribution in [0, 0.1) is 24.0 Å². The van der Waals surface area contributed by atoms with E-state index < -0.39 is 28.4 Å². The number of amides is 1. The third-order valence-corrected chi connectivity index (χ3v) is 6.25. The summed E-state index contributed by atoms with van der Waals surface area (Å²) >= 11 is 1.16. The summed E-state index contributed by atoms with van der Waals surface area (Å²) in [5.41, 5.74) is 1.37. The number of H-pyrrole nitrogens is 1. The van der Waals surface area contributed by atoms with Gasteiger partial charge in [-0.2, -0.15) is 0 Å². The van der Waals surface area contributed by atoms with Crippen LogP contribution in [0.15, 0.2) is 60.1 Å². The Morgan fingerprint density at radius 2 is 1.97 bits per heavy atom. The Hall–Kier alpha value is -3.92. The summed E-state index contributed by atoms with van der Waals surface area (Å²) in [6.45, 7) is 3.52. The summed E-state index contributed by atoms with van der Waals surface area (Å²) in [6, 6.07) is 8.11. The number of hydrogen-bond donors (Lipinski definition) is 0. The molecule has 1 aliphatic heterocycles. The molecule has 2 aromatic heterocycles. The minimum atomic E-state index is -0.967. The first-order valence-electron chi connectivity index (χ1n) is 9.68. The summed E-state index contributed by atoms with van der Waals surface area (Å²) < 4.78 is 0. The molecule has 1 amide bonds. The van der Waals surface area contributed by atoms with Gasteiger partial charge in [-0.25, -0.2) is 9.97 Å². The van der Waals surface area contributed by atoms with Crippen molar-refractivity contribution in [3.05, 3.63) is 96.9 Å². The van der Waals surface area contributed by atoms with Crippen LogP contribution >= 0.6 is 11.3 Å². The minimum Gasteiger partial charge on any atom is -0.868 e. The molecule has 162 valence electrons. The number of thiazole rings is 1. The van der Waals surface area contributed by atoms with Gasteiger partial charge < -0.3 is 10.0 Å². The number of nitrogens with zero attached hydrogens (tertiary/aromatic N) is 3. The monoisotopic (exact) mass is 450 g/mol. The number of non-ortho nitro benzene ring substituents is 1. The van der Waals surface area contributed by atoms with Gasteiger partial charge in [-0.05, 0) is 43.4 Å². The molecule has 1 aliphatic rings. The number of nitro groups is 1. The van der Waals surface area contributed by atoms with Crippen molar-refractivity contribution < 1.29 is 24.6 Å². The molecule has 0 saturated carbocycles. The second-order valence-electron chi connectivity index (χ2n) is 7.32. The number of carbonyl (C=O) groups is 2. The van der Waals surface area contributed by atoms with E-state index in [1.807, 2.05) is 0 Å². The molecular weight excluding hydrogens is 432 g/mol. The molecule has 0 saturated heterocycles. The molecule has 3 heterocycles. The first-order valence-corrected chi connectivity index (χ1v) is 10.5. The number of aryl methyl sites for hydroxylation is 2. The van der Waals surface area contributed by atoms with Crippen LogP contribution in [0.2, 0.25) is 0 Å². The van der Waals surface area contributed by atoms with Gasteiger partial charge in [-0.15, -0.1) is 11.3 Å².